The van der Waals surface area contributed by atoms with Gasteiger partial charge in [-0.3, -0.25) is 0 Å². The number of nitrogens with one attached hydrogen (secondary N) is 1. The number of hydrogen-bond acceptors (Lipinski definition) is 1. The summed E-state index contributed by atoms with van der Waals surface area (Å²) in [7, 11) is 0. The van der Waals surface area contributed by atoms with Gasteiger partial charge in [0.2, 0.25) is 0 Å². The minimum Gasteiger partial charge on any atom is -0.385 e. The van der Waals surface area contributed by atoms with Crippen LogP contribution in [0.5, 0.6) is 0 Å². The van der Waals surface area contributed by atoms with E-state index < -0.39 is 0 Å². The lowest BCUT2D eigenvalue weighted by molar-refractivity contribution is 0.549. The van der Waals surface area contributed by atoms with Crippen molar-refractivity contribution in [3.05, 3.63) is 60.2 Å². The van der Waals surface area contributed by atoms with Crippen molar-refractivity contribution >= 4 is 11.3 Å². The van der Waals surface area contributed by atoms with Crippen molar-refractivity contribution < 1.29 is 0 Å². The Kier molecular flexibility index (Phi) is 13.2. The Hall–Kier alpha value is -1.76. The minimum absolute atomic E-state index is 1.01. The van der Waals surface area contributed by atoms with E-state index in [0.717, 1.165) is 24.2 Å². The molecule has 0 aromatic heterocycles. The molecule has 0 saturated heterocycles. The molecular weight excluding hydrogens is 350 g/mol. The summed E-state index contributed by atoms with van der Waals surface area (Å²) in [5, 5.41) is 3.52. The van der Waals surface area contributed by atoms with Crippen LogP contribution < -0.4 is 5.32 Å². The minimum atomic E-state index is 1.01. The van der Waals surface area contributed by atoms with Crippen LogP contribution in [0.15, 0.2) is 43.5 Å². The third-order valence-electron chi connectivity index (χ3n) is 5.61. The van der Waals surface area contributed by atoms with Crippen LogP contribution in [0.3, 0.4) is 0 Å². The van der Waals surface area contributed by atoms with Crippen molar-refractivity contribution in [2.24, 2.45) is 0 Å². The van der Waals surface area contributed by atoms with Crippen LogP contribution in [0.25, 0.3) is 11.3 Å². The van der Waals surface area contributed by atoms with E-state index in [0.29, 0.717) is 0 Å². The van der Waals surface area contributed by atoms with Crippen molar-refractivity contribution in [2.75, 3.05) is 6.54 Å². The van der Waals surface area contributed by atoms with E-state index in [1.807, 2.05) is 0 Å². The highest BCUT2D eigenvalue weighted by Gasteiger charge is 2.04. The van der Waals surface area contributed by atoms with Crippen LogP contribution in [0.1, 0.15) is 108 Å². The van der Waals surface area contributed by atoms with Gasteiger partial charge in [-0.1, -0.05) is 88.7 Å². The van der Waals surface area contributed by atoms with Crippen LogP contribution in [-0.2, 0) is 6.42 Å². The molecular formula is C28H45N. The van der Waals surface area contributed by atoms with Crippen LogP contribution in [-0.4, -0.2) is 6.54 Å². The van der Waals surface area contributed by atoms with E-state index in [9.17, 15) is 0 Å². The Balaban J connectivity index is 2.09. The summed E-state index contributed by atoms with van der Waals surface area (Å²) in [6.07, 6.45) is 15.8. The van der Waals surface area contributed by atoms with Gasteiger partial charge in [0.05, 0.1) is 0 Å². The normalized spacial score (nSPS) is 10.7. The molecule has 0 aliphatic heterocycles. The van der Waals surface area contributed by atoms with E-state index in [1.54, 1.807) is 0 Å². The van der Waals surface area contributed by atoms with Crippen molar-refractivity contribution in [1.82, 2.24) is 5.32 Å². The molecule has 0 unspecified atom stereocenters. The second-order valence-electron chi connectivity index (χ2n) is 8.70. The maximum atomic E-state index is 4.25. The molecule has 0 atom stereocenters. The zero-order valence-corrected chi connectivity index (χ0v) is 19.5. The fourth-order valence-electron chi connectivity index (χ4n) is 3.62. The van der Waals surface area contributed by atoms with Crippen molar-refractivity contribution in [3.63, 3.8) is 0 Å². The Morgan fingerprint density at radius 3 is 1.76 bits per heavy atom. The predicted molar refractivity (Wildman–Crippen MR) is 133 cm³/mol. The lowest BCUT2D eigenvalue weighted by Gasteiger charge is -2.13. The highest BCUT2D eigenvalue weighted by molar-refractivity contribution is 5.70. The largest absolute Gasteiger partial charge is 0.385 e. The van der Waals surface area contributed by atoms with E-state index in [2.05, 4.69) is 64.0 Å². The number of rotatable bonds is 17. The number of aryl methyl sites for hydroxylation is 1. The van der Waals surface area contributed by atoms with Crippen LogP contribution in [0, 0.1) is 0 Å². The molecule has 0 amide bonds. The summed E-state index contributed by atoms with van der Waals surface area (Å²) in [6, 6.07) is 6.69. The maximum Gasteiger partial charge on any atom is 0.0341 e. The van der Waals surface area contributed by atoms with Gasteiger partial charge in [0.1, 0.15) is 0 Å². The lowest BCUT2D eigenvalue weighted by Crippen LogP contribution is -2.13. The monoisotopic (exact) mass is 395 g/mol. The molecule has 1 rings (SSSR count). The summed E-state index contributed by atoms with van der Waals surface area (Å²) in [5.41, 5.74) is 7.24. The first-order valence-electron chi connectivity index (χ1n) is 11.8. The molecule has 1 heteroatoms. The van der Waals surface area contributed by atoms with Crippen LogP contribution in [0.2, 0.25) is 0 Å². The molecule has 1 aromatic carbocycles. The van der Waals surface area contributed by atoms with E-state index in [4.69, 9.17) is 0 Å². The maximum absolute atomic E-state index is 4.25. The highest BCUT2D eigenvalue weighted by Crippen LogP contribution is 2.21. The number of allylic oxidation sites excluding steroid dienone is 2. The molecule has 1 N–H and O–H groups in total. The molecule has 0 aliphatic carbocycles. The molecule has 29 heavy (non-hydrogen) atoms. The van der Waals surface area contributed by atoms with Gasteiger partial charge in [0.15, 0.2) is 0 Å². The first kappa shape index (κ1) is 25.3. The fraction of sp³-hybridized carbons (Fsp3) is 0.571. The number of benzene rings is 1. The Bertz CT molecular complexity index is 638. The van der Waals surface area contributed by atoms with E-state index in [1.165, 1.54) is 92.9 Å². The molecule has 0 fully saturated rings. The first-order chi connectivity index (χ1) is 13.9. The SMILES string of the molecule is C=C(C)CCCCCCCCCCCCNC(=C)c1cc(CC)cc(C(=C)C)c1. The van der Waals surface area contributed by atoms with Crippen molar-refractivity contribution in [3.8, 4) is 0 Å². The van der Waals surface area contributed by atoms with Crippen molar-refractivity contribution in [2.45, 2.75) is 97.8 Å². The average Bonchev–Trinajstić information content (AvgIpc) is 2.70. The molecule has 0 saturated carbocycles. The first-order valence-corrected chi connectivity index (χ1v) is 11.8. The van der Waals surface area contributed by atoms with Gasteiger partial charge in [-0.15, -0.1) is 6.58 Å². The van der Waals surface area contributed by atoms with Gasteiger partial charge in [-0.05, 0) is 68.4 Å². The molecule has 0 aliphatic rings. The van der Waals surface area contributed by atoms with Gasteiger partial charge in [-0.25, -0.2) is 0 Å². The fourth-order valence-corrected chi connectivity index (χ4v) is 3.62. The smallest absolute Gasteiger partial charge is 0.0341 e. The lowest BCUT2D eigenvalue weighted by atomic mass is 9.99. The molecule has 0 radical (unpaired) electrons. The summed E-state index contributed by atoms with van der Waals surface area (Å²) in [4.78, 5) is 0. The van der Waals surface area contributed by atoms with Gasteiger partial charge in [0, 0.05) is 12.2 Å². The van der Waals surface area contributed by atoms with Gasteiger partial charge in [-0.2, -0.15) is 0 Å². The van der Waals surface area contributed by atoms with Gasteiger partial charge in [0.25, 0.3) is 0 Å². The summed E-state index contributed by atoms with van der Waals surface area (Å²) in [5.74, 6) is 0. The highest BCUT2D eigenvalue weighted by atomic mass is 14.9. The zero-order valence-electron chi connectivity index (χ0n) is 19.5. The van der Waals surface area contributed by atoms with Gasteiger partial charge < -0.3 is 5.32 Å². The Morgan fingerprint density at radius 2 is 1.24 bits per heavy atom. The third kappa shape index (κ3) is 11.7. The quantitative estimate of drug-likeness (QED) is 0.205. The zero-order chi connectivity index (χ0) is 21.5. The van der Waals surface area contributed by atoms with Crippen LogP contribution in [0.4, 0.5) is 0 Å². The summed E-state index contributed by atoms with van der Waals surface area (Å²) >= 11 is 0. The average molecular weight is 396 g/mol. The number of unbranched alkanes of at least 4 members (excludes halogenated alkanes) is 9. The molecule has 162 valence electrons. The Morgan fingerprint density at radius 1 is 0.724 bits per heavy atom. The summed E-state index contributed by atoms with van der Waals surface area (Å²) < 4.78 is 0. The van der Waals surface area contributed by atoms with Gasteiger partial charge >= 0.3 is 0 Å². The molecule has 1 nitrogen and oxygen atoms in total. The molecule has 0 spiro atoms. The summed E-state index contributed by atoms with van der Waals surface area (Å²) in [6.45, 7) is 19.7. The number of hydrogen-bond donors (Lipinski definition) is 1. The molecule has 1 aromatic rings. The standard InChI is InChI=1S/C28H45N/c1-7-26-20-27(24(4)5)22-28(21-26)25(6)29-19-17-15-13-11-9-8-10-12-14-16-18-23(2)3/h20-22,29H,2,4,6-19H2,1,3,5H3. The Labute approximate surface area is 181 Å². The third-order valence-corrected chi connectivity index (χ3v) is 5.61. The van der Waals surface area contributed by atoms with E-state index in [-0.39, 0.29) is 0 Å². The molecule has 0 bridgehead atoms. The second-order valence-corrected chi connectivity index (χ2v) is 8.70. The second kappa shape index (κ2) is 15.1. The topological polar surface area (TPSA) is 12.0 Å². The van der Waals surface area contributed by atoms with E-state index >= 15 is 0 Å². The van der Waals surface area contributed by atoms with Crippen LogP contribution >= 0.6 is 0 Å². The predicted octanol–water partition coefficient (Wildman–Crippen LogP) is 8.71. The molecule has 0 heterocycles. The van der Waals surface area contributed by atoms with Crippen molar-refractivity contribution in [1.29, 1.82) is 0 Å².